The quantitative estimate of drug-likeness (QED) is 0.180. The Morgan fingerprint density at radius 1 is 1.33 bits per heavy atom. The molecule has 12 nitrogen and oxygen atoms in total. The first kappa shape index (κ1) is 27.9. The molecular weight excluding hydrogens is 498 g/mol. The maximum Gasteiger partial charge on any atom is 0.349 e. The number of nitrogens with zero attached hydrogens (tertiary/aromatic N) is 6. The summed E-state index contributed by atoms with van der Waals surface area (Å²) >= 11 is 0. The first-order chi connectivity index (χ1) is 18.8. The zero-order valence-corrected chi connectivity index (χ0v) is 22.4. The van der Waals surface area contributed by atoms with E-state index in [0.717, 1.165) is 24.9 Å². The number of carbonyl (C=O) groups is 3. The zero-order valence-electron chi connectivity index (χ0n) is 22.4. The number of piperazine rings is 1. The van der Waals surface area contributed by atoms with Gasteiger partial charge in [0.1, 0.15) is 17.6 Å². The van der Waals surface area contributed by atoms with Gasteiger partial charge in [0, 0.05) is 43.8 Å². The molecule has 2 aliphatic heterocycles. The van der Waals surface area contributed by atoms with Crippen LogP contribution in [0.2, 0.25) is 0 Å². The molecule has 0 unspecified atom stereocenters. The SMILES string of the molecule is CNC1(CNC(/C=C/N)=C(C#N)/C=N\C(=O)N2CCCc3cc(CN4CCN(C)CC4=O)c(C=O)nc32)CC1. The maximum atomic E-state index is 13.1. The Bertz CT molecular complexity index is 1260. The molecule has 0 aromatic carbocycles. The molecule has 206 valence electrons. The maximum absolute atomic E-state index is 13.1. The van der Waals surface area contributed by atoms with E-state index in [1.54, 1.807) is 11.0 Å². The molecule has 3 aliphatic rings. The highest BCUT2D eigenvalue weighted by molar-refractivity contribution is 6.01. The topological polar surface area (TPSA) is 160 Å². The number of aldehydes is 1. The summed E-state index contributed by atoms with van der Waals surface area (Å²) in [6, 6.07) is 3.37. The van der Waals surface area contributed by atoms with Crippen molar-refractivity contribution in [1.82, 2.24) is 25.4 Å². The number of nitrogens with one attached hydrogen (secondary N) is 2. The highest BCUT2D eigenvalue weighted by Gasteiger charge is 2.40. The Morgan fingerprint density at radius 2 is 2.13 bits per heavy atom. The minimum absolute atomic E-state index is 0.00223. The Balaban J connectivity index is 1.54. The van der Waals surface area contributed by atoms with E-state index in [1.165, 1.54) is 17.3 Å². The third-order valence-corrected chi connectivity index (χ3v) is 7.47. The van der Waals surface area contributed by atoms with E-state index in [9.17, 15) is 19.6 Å². The second-order valence-corrected chi connectivity index (χ2v) is 10.2. The number of carbonyl (C=O) groups excluding carboxylic acids is 3. The molecular formula is C27H35N9O3. The lowest BCUT2D eigenvalue weighted by molar-refractivity contribution is -0.136. The first-order valence-electron chi connectivity index (χ1n) is 13.1. The van der Waals surface area contributed by atoms with Crippen molar-refractivity contribution in [2.24, 2.45) is 10.7 Å². The van der Waals surface area contributed by atoms with Gasteiger partial charge in [0.05, 0.1) is 24.0 Å². The van der Waals surface area contributed by atoms with Crippen LogP contribution in [-0.2, 0) is 17.8 Å². The van der Waals surface area contributed by atoms with Crippen LogP contribution in [-0.4, -0.2) is 91.6 Å². The number of rotatable bonds is 9. The normalized spacial score (nSPS) is 19.6. The molecule has 0 radical (unpaired) electrons. The fourth-order valence-electron chi connectivity index (χ4n) is 4.79. The molecule has 1 aliphatic carbocycles. The average molecular weight is 534 g/mol. The number of pyridine rings is 1. The van der Waals surface area contributed by atoms with Crippen LogP contribution in [0.4, 0.5) is 10.6 Å². The third kappa shape index (κ3) is 6.50. The highest BCUT2D eigenvalue weighted by atomic mass is 16.2. The van der Waals surface area contributed by atoms with E-state index >= 15 is 0 Å². The number of allylic oxidation sites excluding steroid dienone is 2. The van der Waals surface area contributed by atoms with Crippen LogP contribution in [0, 0.1) is 11.3 Å². The summed E-state index contributed by atoms with van der Waals surface area (Å²) in [7, 11) is 3.80. The monoisotopic (exact) mass is 533 g/mol. The number of nitriles is 1. The number of likely N-dealkylation sites (N-methyl/N-ethyl adjacent to an activating group) is 2. The summed E-state index contributed by atoms with van der Waals surface area (Å²) in [5.74, 6) is 0.383. The number of aromatic nitrogens is 1. The number of anilines is 1. The standard InChI is InChI=1S/C27H35N9O3/c1-30-27(6-7-27)18-32-22(5-8-28)21(13-29)14-31-26(39)36-9-3-4-19-12-20(23(17-37)33-25(19)36)15-35-11-10-34(2)16-24(35)38/h5,8,12,14,17,30,32H,3-4,6-7,9-11,15-16,18,28H2,1-2H3/b8-5+,22-21+,31-14-. The molecule has 0 atom stereocenters. The molecule has 12 heteroatoms. The molecule has 1 saturated heterocycles. The van der Waals surface area contributed by atoms with Gasteiger partial charge in [-0.25, -0.2) is 14.8 Å². The highest BCUT2D eigenvalue weighted by Crippen LogP contribution is 2.34. The summed E-state index contributed by atoms with van der Waals surface area (Å²) < 4.78 is 0. The molecule has 1 saturated carbocycles. The molecule has 0 spiro atoms. The van der Waals surface area contributed by atoms with Crippen LogP contribution >= 0.6 is 0 Å². The number of hydrogen-bond donors (Lipinski definition) is 3. The van der Waals surface area contributed by atoms with Crippen molar-refractivity contribution in [3.8, 4) is 6.07 Å². The van der Waals surface area contributed by atoms with Crippen molar-refractivity contribution in [2.45, 2.75) is 37.8 Å². The number of aliphatic imine (C=N–C) groups is 1. The van der Waals surface area contributed by atoms with Gasteiger partial charge >= 0.3 is 6.03 Å². The minimum Gasteiger partial charge on any atom is -0.405 e. The van der Waals surface area contributed by atoms with Crippen molar-refractivity contribution in [3.63, 3.8) is 0 Å². The summed E-state index contributed by atoms with van der Waals surface area (Å²) in [5, 5.41) is 16.2. The molecule has 3 amide bonds. The Morgan fingerprint density at radius 3 is 2.77 bits per heavy atom. The second-order valence-electron chi connectivity index (χ2n) is 10.2. The van der Waals surface area contributed by atoms with Gasteiger partial charge in [-0.2, -0.15) is 5.26 Å². The lowest BCUT2D eigenvalue weighted by Crippen LogP contribution is -2.48. The van der Waals surface area contributed by atoms with Crippen molar-refractivity contribution in [1.29, 1.82) is 5.26 Å². The molecule has 2 fully saturated rings. The molecule has 3 heterocycles. The van der Waals surface area contributed by atoms with Crippen LogP contribution in [0.1, 0.15) is 40.9 Å². The lowest BCUT2D eigenvalue weighted by atomic mass is 10.0. The Labute approximate surface area is 228 Å². The van der Waals surface area contributed by atoms with Gasteiger partial charge in [-0.15, -0.1) is 0 Å². The number of hydrogen-bond acceptors (Lipinski definition) is 9. The van der Waals surface area contributed by atoms with Crippen LogP contribution in [0.25, 0.3) is 0 Å². The van der Waals surface area contributed by atoms with E-state index in [4.69, 9.17) is 5.73 Å². The number of nitrogens with two attached hydrogens (primary N) is 1. The third-order valence-electron chi connectivity index (χ3n) is 7.47. The smallest absolute Gasteiger partial charge is 0.349 e. The number of fused-ring (bicyclic) bond motifs is 1. The van der Waals surface area contributed by atoms with Gasteiger partial charge in [0.15, 0.2) is 6.29 Å². The van der Waals surface area contributed by atoms with Crippen molar-refractivity contribution < 1.29 is 14.4 Å². The zero-order chi connectivity index (χ0) is 28.0. The van der Waals surface area contributed by atoms with E-state index in [0.29, 0.717) is 68.9 Å². The number of urea groups is 1. The number of amides is 3. The minimum atomic E-state index is -0.583. The fourth-order valence-corrected chi connectivity index (χ4v) is 4.79. The van der Waals surface area contributed by atoms with E-state index < -0.39 is 6.03 Å². The fraction of sp³-hybridized carbons (Fsp3) is 0.481. The van der Waals surface area contributed by atoms with Gasteiger partial charge in [0.25, 0.3) is 0 Å². The summed E-state index contributed by atoms with van der Waals surface area (Å²) in [6.07, 6.45) is 8.22. The lowest BCUT2D eigenvalue weighted by Gasteiger charge is -2.33. The van der Waals surface area contributed by atoms with Gasteiger partial charge in [-0.05, 0) is 63.7 Å². The van der Waals surface area contributed by atoms with Gasteiger partial charge in [-0.1, -0.05) is 0 Å². The van der Waals surface area contributed by atoms with Gasteiger partial charge < -0.3 is 21.3 Å². The Hall–Kier alpha value is -4.08. The predicted octanol–water partition coefficient (Wildman–Crippen LogP) is 0.703. The van der Waals surface area contributed by atoms with Crippen LogP contribution < -0.4 is 21.3 Å². The van der Waals surface area contributed by atoms with Crippen LogP contribution in [0.3, 0.4) is 0 Å². The summed E-state index contributed by atoms with van der Waals surface area (Å²) in [6.45, 7) is 2.95. The number of aryl methyl sites for hydroxylation is 1. The van der Waals surface area contributed by atoms with Crippen molar-refractivity contribution >= 4 is 30.3 Å². The molecule has 39 heavy (non-hydrogen) atoms. The van der Waals surface area contributed by atoms with Crippen molar-refractivity contribution in [2.75, 3.05) is 51.7 Å². The summed E-state index contributed by atoms with van der Waals surface area (Å²) in [4.78, 5) is 51.2. The van der Waals surface area contributed by atoms with Crippen LogP contribution in [0.15, 0.2) is 34.6 Å². The van der Waals surface area contributed by atoms with Crippen molar-refractivity contribution in [3.05, 3.63) is 46.4 Å². The molecule has 0 bridgehead atoms. The molecule has 4 rings (SSSR count). The summed E-state index contributed by atoms with van der Waals surface area (Å²) in [5.41, 5.74) is 7.90. The van der Waals surface area contributed by atoms with E-state index in [-0.39, 0.29) is 22.7 Å². The second kappa shape index (κ2) is 12.2. The Kier molecular flexibility index (Phi) is 8.73. The van der Waals surface area contributed by atoms with E-state index in [1.807, 2.05) is 25.1 Å². The molecule has 4 N–H and O–H groups in total. The largest absolute Gasteiger partial charge is 0.405 e. The van der Waals surface area contributed by atoms with E-state index in [2.05, 4.69) is 26.7 Å². The first-order valence-corrected chi connectivity index (χ1v) is 13.1. The molecule has 1 aromatic heterocycles. The average Bonchev–Trinajstić information content (AvgIpc) is 3.73. The van der Waals surface area contributed by atoms with Crippen LogP contribution in [0.5, 0.6) is 0 Å². The molecule has 1 aromatic rings. The predicted molar refractivity (Wildman–Crippen MR) is 147 cm³/mol. The van der Waals surface area contributed by atoms with Gasteiger partial charge in [-0.3, -0.25) is 19.4 Å². The van der Waals surface area contributed by atoms with Gasteiger partial charge in [0.2, 0.25) is 5.91 Å².